The van der Waals surface area contributed by atoms with Crippen LogP contribution in [-0.2, 0) is 42.9 Å². The number of likely N-dealkylation sites (tertiary alicyclic amines) is 1. The number of esters is 4. The Labute approximate surface area is 443 Å². The van der Waals surface area contributed by atoms with Gasteiger partial charge in [-0.3, -0.25) is 24.1 Å². The molecule has 0 saturated carbocycles. The molecule has 1 saturated heterocycles. The average molecular weight is 1020 g/mol. The molecule has 1 unspecified atom stereocenters. The third-order valence-corrected chi connectivity index (χ3v) is 14.6. The van der Waals surface area contributed by atoms with Crippen molar-refractivity contribution in [3.8, 4) is 0 Å². The van der Waals surface area contributed by atoms with Crippen LogP contribution in [0.4, 0.5) is 0 Å². The molecule has 2 atom stereocenters. The molecule has 1 aliphatic heterocycles. The molecular formula is C61H116N2O9. The third-order valence-electron chi connectivity index (χ3n) is 14.6. The maximum atomic E-state index is 13.7. The Morgan fingerprint density at radius 2 is 0.944 bits per heavy atom. The van der Waals surface area contributed by atoms with Gasteiger partial charge in [0.1, 0.15) is 12.1 Å². The molecule has 11 heteroatoms. The summed E-state index contributed by atoms with van der Waals surface area (Å²) in [6, 6.07) is -0.462. The molecular weight excluding hydrogens is 905 g/mol. The first-order valence-corrected chi connectivity index (χ1v) is 30.8. The lowest BCUT2D eigenvalue weighted by Gasteiger charge is -2.37. The number of unbranched alkanes of at least 4 members (excludes halogenated alkanes) is 26. The van der Waals surface area contributed by atoms with Crippen LogP contribution >= 0.6 is 0 Å². The molecule has 1 rings (SSSR count). The van der Waals surface area contributed by atoms with Crippen LogP contribution in [0.1, 0.15) is 298 Å². The molecule has 0 bridgehead atoms. The number of hydrogen-bond acceptors (Lipinski definition) is 11. The summed E-state index contributed by atoms with van der Waals surface area (Å²) >= 11 is 0. The molecule has 0 aromatic rings. The lowest BCUT2D eigenvalue weighted by atomic mass is 9.97. The minimum absolute atomic E-state index is 0.124. The molecule has 0 radical (unpaired) electrons. The summed E-state index contributed by atoms with van der Waals surface area (Å²) < 4.78 is 30.9. The van der Waals surface area contributed by atoms with E-state index < -0.39 is 11.8 Å². The molecule has 72 heavy (non-hydrogen) atoms. The van der Waals surface area contributed by atoms with Crippen molar-refractivity contribution < 1.29 is 42.9 Å². The fraction of sp³-hybridized carbons (Fsp3) is 0.934. The standard InChI is InChI=1S/C61H116N2O9/c1-8-13-18-23-24-25-26-29-39-50-68-57(64)43-35-31-38-48-63-53-55(70-58(65)45-49-62(6)7)52-56(63)60(67)69-51-40-30-27-28-34-44-59(66)72-61(46-36-21-16-11-4,47-37-22-17-12-5)71-54(41-32-19-14-9-2)42-33-20-15-10-3/h54-56H,8-53H2,1-7H3/t55?,56-/m0/s1. The van der Waals surface area contributed by atoms with E-state index in [9.17, 15) is 19.2 Å². The second-order valence-corrected chi connectivity index (χ2v) is 21.9. The van der Waals surface area contributed by atoms with Crippen molar-refractivity contribution in [2.24, 2.45) is 0 Å². The van der Waals surface area contributed by atoms with Crippen molar-refractivity contribution >= 4 is 23.9 Å². The van der Waals surface area contributed by atoms with Crippen LogP contribution in [0.2, 0.25) is 0 Å². The lowest BCUT2D eigenvalue weighted by molar-refractivity contribution is -0.259. The number of hydrogen-bond donors (Lipinski definition) is 0. The monoisotopic (exact) mass is 1020 g/mol. The van der Waals surface area contributed by atoms with Crippen LogP contribution in [0.25, 0.3) is 0 Å². The highest BCUT2D eigenvalue weighted by atomic mass is 16.7. The fourth-order valence-corrected chi connectivity index (χ4v) is 10.0. The predicted octanol–water partition coefficient (Wildman–Crippen LogP) is 15.9. The Bertz CT molecular complexity index is 1270. The van der Waals surface area contributed by atoms with E-state index in [0.717, 1.165) is 128 Å². The summed E-state index contributed by atoms with van der Waals surface area (Å²) in [5, 5.41) is 0. The molecule has 0 aromatic carbocycles. The van der Waals surface area contributed by atoms with Gasteiger partial charge in [0.2, 0.25) is 5.79 Å². The molecule has 0 aliphatic carbocycles. The molecule has 0 amide bonds. The van der Waals surface area contributed by atoms with Crippen molar-refractivity contribution in [2.45, 2.75) is 322 Å². The van der Waals surface area contributed by atoms with Crippen molar-refractivity contribution in [3.63, 3.8) is 0 Å². The second-order valence-electron chi connectivity index (χ2n) is 21.9. The van der Waals surface area contributed by atoms with Crippen LogP contribution in [0.5, 0.6) is 0 Å². The zero-order valence-electron chi connectivity index (χ0n) is 48.3. The van der Waals surface area contributed by atoms with Crippen molar-refractivity contribution in [1.29, 1.82) is 0 Å². The molecule has 1 heterocycles. The fourth-order valence-electron chi connectivity index (χ4n) is 10.0. The van der Waals surface area contributed by atoms with Gasteiger partial charge in [0.25, 0.3) is 0 Å². The topological polar surface area (TPSA) is 121 Å². The number of carbonyl (C=O) groups excluding carboxylic acids is 4. The summed E-state index contributed by atoms with van der Waals surface area (Å²) in [6.45, 7) is 13.9. The Morgan fingerprint density at radius 1 is 0.500 bits per heavy atom. The maximum Gasteiger partial charge on any atom is 0.323 e. The molecule has 424 valence electrons. The van der Waals surface area contributed by atoms with E-state index in [-0.39, 0.29) is 36.1 Å². The summed E-state index contributed by atoms with van der Waals surface area (Å²) in [4.78, 5) is 56.3. The Kier molecular flexibility index (Phi) is 44.5. The molecule has 0 N–H and O–H groups in total. The van der Waals surface area contributed by atoms with Gasteiger partial charge in [-0.05, 0) is 78.4 Å². The summed E-state index contributed by atoms with van der Waals surface area (Å²) in [5.74, 6) is -1.60. The first kappa shape index (κ1) is 67.8. The van der Waals surface area contributed by atoms with E-state index in [0.29, 0.717) is 58.5 Å². The number of carbonyl (C=O) groups is 4. The van der Waals surface area contributed by atoms with Gasteiger partial charge in [0.15, 0.2) is 0 Å². The van der Waals surface area contributed by atoms with E-state index in [4.69, 9.17) is 23.7 Å². The minimum atomic E-state index is -0.840. The van der Waals surface area contributed by atoms with Gasteiger partial charge in [-0.1, -0.05) is 202 Å². The Balaban J connectivity index is 2.68. The predicted molar refractivity (Wildman–Crippen MR) is 297 cm³/mol. The highest BCUT2D eigenvalue weighted by Gasteiger charge is 2.40. The summed E-state index contributed by atoms with van der Waals surface area (Å²) in [5.41, 5.74) is 0. The van der Waals surface area contributed by atoms with Crippen LogP contribution in [-0.4, -0.2) is 105 Å². The maximum absolute atomic E-state index is 13.7. The average Bonchev–Trinajstić information content (AvgIpc) is 3.76. The Morgan fingerprint density at radius 3 is 1.47 bits per heavy atom. The van der Waals surface area contributed by atoms with Gasteiger partial charge < -0.3 is 28.6 Å². The molecule has 0 spiro atoms. The first-order chi connectivity index (χ1) is 35.0. The molecule has 11 nitrogen and oxygen atoms in total. The quantitative estimate of drug-likeness (QED) is 0.0251. The van der Waals surface area contributed by atoms with Crippen LogP contribution in [0.3, 0.4) is 0 Å². The van der Waals surface area contributed by atoms with Gasteiger partial charge >= 0.3 is 23.9 Å². The molecule has 1 aliphatic rings. The molecule has 1 fully saturated rings. The van der Waals surface area contributed by atoms with E-state index >= 15 is 0 Å². The van der Waals surface area contributed by atoms with Gasteiger partial charge in [-0.25, -0.2) is 0 Å². The van der Waals surface area contributed by atoms with Crippen molar-refractivity contribution in [2.75, 3.05) is 46.9 Å². The van der Waals surface area contributed by atoms with Crippen LogP contribution < -0.4 is 0 Å². The number of rotatable bonds is 52. The first-order valence-electron chi connectivity index (χ1n) is 30.8. The van der Waals surface area contributed by atoms with Crippen LogP contribution in [0.15, 0.2) is 0 Å². The molecule has 0 aromatic heterocycles. The van der Waals surface area contributed by atoms with Gasteiger partial charge in [-0.15, -0.1) is 0 Å². The Hall–Kier alpha value is -2.24. The van der Waals surface area contributed by atoms with E-state index in [2.05, 4.69) is 39.5 Å². The highest BCUT2D eigenvalue weighted by molar-refractivity contribution is 5.76. The van der Waals surface area contributed by atoms with E-state index in [1.807, 2.05) is 19.0 Å². The van der Waals surface area contributed by atoms with Gasteiger partial charge in [-0.2, -0.15) is 0 Å². The number of nitrogens with zero attached hydrogens (tertiary/aromatic N) is 2. The lowest BCUT2D eigenvalue weighted by Crippen LogP contribution is -2.42. The normalized spacial score (nSPS) is 15.2. The van der Waals surface area contributed by atoms with E-state index in [1.165, 1.54) is 109 Å². The van der Waals surface area contributed by atoms with Crippen molar-refractivity contribution in [1.82, 2.24) is 9.80 Å². The largest absolute Gasteiger partial charge is 0.466 e. The third kappa shape index (κ3) is 37.5. The SMILES string of the molecule is CCCCCCCCCCCOC(=O)CCCCCN1CC(OC(=O)CCN(C)C)C[C@H]1C(=O)OCCCCCCCC(=O)OC(CCCCCC)(CCCCCC)OC(CCCCCC)CCCCCC. The van der Waals surface area contributed by atoms with Gasteiger partial charge in [0, 0.05) is 45.2 Å². The summed E-state index contributed by atoms with van der Waals surface area (Å²) in [6.07, 6.45) is 41.5. The van der Waals surface area contributed by atoms with Crippen molar-refractivity contribution in [3.05, 3.63) is 0 Å². The zero-order chi connectivity index (χ0) is 52.8. The highest BCUT2D eigenvalue weighted by Crippen LogP contribution is 2.34. The van der Waals surface area contributed by atoms with E-state index in [1.54, 1.807) is 0 Å². The number of ether oxygens (including phenoxy) is 5. The second kappa shape index (κ2) is 47.2. The van der Waals surface area contributed by atoms with Crippen LogP contribution in [0, 0.1) is 0 Å². The van der Waals surface area contributed by atoms with Gasteiger partial charge in [0.05, 0.1) is 25.7 Å². The zero-order valence-corrected chi connectivity index (χ0v) is 48.3. The minimum Gasteiger partial charge on any atom is -0.466 e. The smallest absolute Gasteiger partial charge is 0.323 e. The summed E-state index contributed by atoms with van der Waals surface area (Å²) in [7, 11) is 3.86.